The van der Waals surface area contributed by atoms with Gasteiger partial charge in [-0.1, -0.05) is 0 Å². The lowest BCUT2D eigenvalue weighted by Gasteiger charge is -2.15. The first-order valence-electron chi connectivity index (χ1n) is 6.93. The number of alkyl halides is 1. The number of ketones is 1. The van der Waals surface area contributed by atoms with Crippen molar-refractivity contribution in [2.45, 2.75) is 39.1 Å². The summed E-state index contributed by atoms with van der Waals surface area (Å²) in [6.45, 7) is 9.16. The summed E-state index contributed by atoms with van der Waals surface area (Å²) in [6.07, 6.45) is 1.24. The minimum absolute atomic E-state index is 0.0320. The Hall–Kier alpha value is -0.800. The largest absolute Gasteiger partial charge is 0.348 e. The summed E-state index contributed by atoms with van der Waals surface area (Å²) in [5.41, 5.74) is 3.00. The third kappa shape index (κ3) is 3.03. The molecule has 1 aliphatic rings. The zero-order valence-electron chi connectivity index (χ0n) is 12.2. The van der Waals surface area contributed by atoms with Crippen LogP contribution in [0.5, 0.6) is 0 Å². The number of hydrogen-bond acceptors (Lipinski definition) is 2. The molecule has 2 unspecified atom stereocenters. The van der Waals surface area contributed by atoms with Crippen LogP contribution in [-0.2, 0) is 6.54 Å². The van der Waals surface area contributed by atoms with Gasteiger partial charge in [-0.05, 0) is 52.8 Å². The van der Waals surface area contributed by atoms with Crippen LogP contribution >= 0.6 is 11.6 Å². The van der Waals surface area contributed by atoms with Crippen LogP contribution in [0, 0.1) is 19.8 Å². The number of hydrogen-bond donors (Lipinski definition) is 0. The highest BCUT2D eigenvalue weighted by atomic mass is 35.5. The third-order valence-electron chi connectivity index (χ3n) is 4.13. The van der Waals surface area contributed by atoms with Gasteiger partial charge in [0.25, 0.3) is 0 Å². The Balaban J connectivity index is 2.20. The lowest BCUT2D eigenvalue weighted by molar-refractivity contribution is 0.0991. The number of aromatic nitrogens is 1. The Morgan fingerprint density at radius 1 is 1.53 bits per heavy atom. The average molecular weight is 283 g/mol. The quantitative estimate of drug-likeness (QED) is 0.627. The van der Waals surface area contributed by atoms with E-state index in [-0.39, 0.29) is 5.78 Å². The first kappa shape index (κ1) is 14.6. The summed E-state index contributed by atoms with van der Waals surface area (Å²) >= 11 is 5.92. The van der Waals surface area contributed by atoms with E-state index in [2.05, 4.69) is 23.4 Å². The van der Waals surface area contributed by atoms with Gasteiger partial charge in [0, 0.05) is 30.0 Å². The van der Waals surface area contributed by atoms with Crippen molar-refractivity contribution in [1.82, 2.24) is 9.47 Å². The smallest absolute Gasteiger partial charge is 0.182 e. The fourth-order valence-electron chi connectivity index (χ4n) is 2.98. The summed E-state index contributed by atoms with van der Waals surface area (Å²) in [5, 5.41) is -0.452. The minimum atomic E-state index is -0.452. The molecule has 2 heterocycles. The number of halogens is 1. The van der Waals surface area contributed by atoms with Gasteiger partial charge in [0.1, 0.15) is 0 Å². The number of rotatable bonds is 4. The van der Waals surface area contributed by atoms with E-state index < -0.39 is 5.38 Å². The molecule has 1 fully saturated rings. The second-order valence-electron chi connectivity index (χ2n) is 5.79. The zero-order valence-corrected chi connectivity index (χ0v) is 13.0. The maximum absolute atomic E-state index is 12.1. The summed E-state index contributed by atoms with van der Waals surface area (Å²) in [4.78, 5) is 14.4. The van der Waals surface area contributed by atoms with Gasteiger partial charge in [0.15, 0.2) is 5.78 Å². The van der Waals surface area contributed by atoms with Gasteiger partial charge >= 0.3 is 0 Å². The van der Waals surface area contributed by atoms with Crippen LogP contribution in [0.2, 0.25) is 0 Å². The minimum Gasteiger partial charge on any atom is -0.348 e. The Bertz CT molecular complexity index is 479. The van der Waals surface area contributed by atoms with E-state index in [1.54, 1.807) is 6.92 Å². The normalized spacial score (nSPS) is 21.8. The van der Waals surface area contributed by atoms with Crippen molar-refractivity contribution < 1.29 is 4.79 Å². The van der Waals surface area contributed by atoms with Crippen LogP contribution in [0.25, 0.3) is 0 Å². The summed E-state index contributed by atoms with van der Waals surface area (Å²) < 4.78 is 2.27. The Morgan fingerprint density at radius 3 is 2.74 bits per heavy atom. The maximum atomic E-state index is 12.1. The predicted molar refractivity (Wildman–Crippen MR) is 79.2 cm³/mol. The molecule has 1 saturated heterocycles. The second kappa shape index (κ2) is 5.68. The summed E-state index contributed by atoms with van der Waals surface area (Å²) in [7, 11) is 2.17. The molecule has 1 aliphatic heterocycles. The number of nitrogens with zero attached hydrogens (tertiary/aromatic N) is 2. The van der Waals surface area contributed by atoms with Crippen LogP contribution in [0.1, 0.15) is 35.1 Å². The standard InChI is InChI=1S/C15H23ClN2O/c1-10-7-14(15(19)11(2)16)12(3)18(10)9-13-5-6-17(4)8-13/h7,11,13H,5-6,8-9H2,1-4H3. The third-order valence-corrected chi connectivity index (χ3v) is 4.33. The highest BCUT2D eigenvalue weighted by molar-refractivity contribution is 6.33. The van der Waals surface area contributed by atoms with E-state index in [1.165, 1.54) is 13.0 Å². The molecule has 0 aliphatic carbocycles. The fraction of sp³-hybridized carbons (Fsp3) is 0.667. The van der Waals surface area contributed by atoms with Gasteiger partial charge in [-0.15, -0.1) is 11.6 Å². The lowest BCUT2D eigenvalue weighted by Crippen LogP contribution is -2.18. The highest BCUT2D eigenvalue weighted by Crippen LogP contribution is 2.23. The van der Waals surface area contributed by atoms with Crippen LogP contribution < -0.4 is 0 Å². The number of carbonyl (C=O) groups excluding carboxylic acids is 1. The molecule has 0 saturated carbocycles. The Morgan fingerprint density at radius 2 is 2.21 bits per heavy atom. The van der Waals surface area contributed by atoms with Crippen molar-refractivity contribution in [3.63, 3.8) is 0 Å². The van der Waals surface area contributed by atoms with Crippen molar-refractivity contribution >= 4 is 17.4 Å². The van der Waals surface area contributed by atoms with Gasteiger partial charge in [0.2, 0.25) is 0 Å². The van der Waals surface area contributed by atoms with Crippen molar-refractivity contribution in [3.05, 3.63) is 23.0 Å². The fourth-order valence-corrected chi connectivity index (χ4v) is 3.10. The second-order valence-corrected chi connectivity index (χ2v) is 6.45. The SMILES string of the molecule is Cc1cc(C(=O)C(C)Cl)c(C)n1CC1CCN(C)C1. The van der Waals surface area contributed by atoms with Crippen molar-refractivity contribution in [1.29, 1.82) is 0 Å². The molecule has 0 amide bonds. The molecule has 106 valence electrons. The van der Waals surface area contributed by atoms with Crippen LogP contribution in [0.4, 0.5) is 0 Å². The van der Waals surface area contributed by atoms with Crippen molar-refractivity contribution in [3.8, 4) is 0 Å². The average Bonchev–Trinajstić information content (AvgIpc) is 2.87. The number of Topliss-reactive ketones (excluding diaryl/α,β-unsaturated/α-hetero) is 1. The lowest BCUT2D eigenvalue weighted by atomic mass is 10.1. The van der Waals surface area contributed by atoms with E-state index >= 15 is 0 Å². The zero-order chi connectivity index (χ0) is 14.2. The van der Waals surface area contributed by atoms with E-state index in [1.807, 2.05) is 13.0 Å². The molecule has 0 radical (unpaired) electrons. The topological polar surface area (TPSA) is 25.2 Å². The Labute approximate surface area is 120 Å². The van der Waals surface area contributed by atoms with Gasteiger partial charge in [-0.2, -0.15) is 0 Å². The summed E-state index contributed by atoms with van der Waals surface area (Å²) in [6, 6.07) is 1.98. The monoisotopic (exact) mass is 282 g/mol. The highest BCUT2D eigenvalue weighted by Gasteiger charge is 2.23. The molecule has 3 nitrogen and oxygen atoms in total. The van der Waals surface area contributed by atoms with Crippen molar-refractivity contribution in [2.24, 2.45) is 5.92 Å². The molecule has 1 aromatic rings. The molecule has 19 heavy (non-hydrogen) atoms. The first-order valence-corrected chi connectivity index (χ1v) is 7.37. The molecule has 0 spiro atoms. The molecular weight excluding hydrogens is 260 g/mol. The van der Waals surface area contributed by atoms with Gasteiger partial charge in [-0.25, -0.2) is 0 Å². The number of aryl methyl sites for hydroxylation is 1. The van der Waals surface area contributed by atoms with Gasteiger partial charge in [0.05, 0.1) is 5.38 Å². The maximum Gasteiger partial charge on any atom is 0.182 e. The van der Waals surface area contributed by atoms with Crippen LogP contribution in [0.3, 0.4) is 0 Å². The van der Waals surface area contributed by atoms with E-state index in [9.17, 15) is 4.79 Å². The number of carbonyl (C=O) groups is 1. The predicted octanol–water partition coefficient (Wildman–Crippen LogP) is 2.87. The van der Waals surface area contributed by atoms with Crippen molar-refractivity contribution in [2.75, 3.05) is 20.1 Å². The van der Waals surface area contributed by atoms with E-state index in [0.29, 0.717) is 5.92 Å². The van der Waals surface area contributed by atoms with E-state index in [0.717, 1.165) is 30.0 Å². The molecule has 1 aromatic heterocycles. The van der Waals surface area contributed by atoms with Crippen LogP contribution in [-0.4, -0.2) is 40.8 Å². The molecule has 2 atom stereocenters. The molecule has 0 N–H and O–H groups in total. The van der Waals surface area contributed by atoms with Gasteiger partial charge in [-0.3, -0.25) is 4.79 Å². The molecule has 4 heteroatoms. The van der Waals surface area contributed by atoms with Gasteiger partial charge < -0.3 is 9.47 Å². The molecule has 0 bridgehead atoms. The summed E-state index contributed by atoms with van der Waals surface area (Å²) in [5.74, 6) is 0.718. The molecular formula is C15H23ClN2O. The number of likely N-dealkylation sites (tertiary alicyclic amines) is 1. The molecule has 0 aromatic carbocycles. The van der Waals surface area contributed by atoms with Crippen LogP contribution in [0.15, 0.2) is 6.07 Å². The van der Waals surface area contributed by atoms with E-state index in [4.69, 9.17) is 11.6 Å². The molecule has 2 rings (SSSR count). The first-order chi connectivity index (χ1) is 8.90. The Kier molecular flexibility index (Phi) is 4.36.